The van der Waals surface area contributed by atoms with E-state index in [1.165, 1.54) is 57.8 Å². The third kappa shape index (κ3) is 4.95. The summed E-state index contributed by atoms with van der Waals surface area (Å²) in [5, 5.41) is 0. The normalized spacial score (nSPS) is 23.6. The van der Waals surface area contributed by atoms with Crippen molar-refractivity contribution in [2.24, 2.45) is 32.5 Å². The van der Waals surface area contributed by atoms with E-state index < -0.39 is 0 Å². The average Bonchev–Trinajstić information content (AvgIpc) is 2.97. The molecule has 0 bridgehead atoms. The van der Waals surface area contributed by atoms with Crippen molar-refractivity contribution in [3.8, 4) is 0 Å². The minimum absolute atomic E-state index is 0.450. The standard InChI is InChI=1S/C14H28.C13H26/c1-12(2,3)14(13(4,5)6)10-8-7-9-11-14;1-11(2,3)13(12(4,5)6)9-7-8-10-13/h7-11H2,1-6H3;7-10H2,1-6H3. The van der Waals surface area contributed by atoms with Gasteiger partial charge in [-0.25, -0.2) is 0 Å². The molecular formula is C27H54. The monoisotopic (exact) mass is 378 g/mol. The van der Waals surface area contributed by atoms with Crippen LogP contribution in [0.1, 0.15) is 141 Å². The highest BCUT2D eigenvalue weighted by Gasteiger charge is 2.51. The second-order valence-electron chi connectivity index (χ2n) is 13.9. The van der Waals surface area contributed by atoms with Gasteiger partial charge >= 0.3 is 0 Å². The van der Waals surface area contributed by atoms with Gasteiger partial charge in [-0.3, -0.25) is 0 Å². The molecule has 0 heteroatoms. The van der Waals surface area contributed by atoms with Gasteiger partial charge in [-0.1, -0.05) is 115 Å². The molecule has 0 N–H and O–H groups in total. The largest absolute Gasteiger partial charge is 0.0596 e. The molecule has 0 heterocycles. The van der Waals surface area contributed by atoms with Crippen molar-refractivity contribution >= 4 is 0 Å². The Kier molecular flexibility index (Phi) is 7.44. The van der Waals surface area contributed by atoms with Crippen molar-refractivity contribution in [1.29, 1.82) is 0 Å². The zero-order valence-corrected chi connectivity index (χ0v) is 21.4. The Bertz CT molecular complexity index is 408. The third-order valence-corrected chi connectivity index (χ3v) is 8.91. The number of hydrogen-bond acceptors (Lipinski definition) is 0. The van der Waals surface area contributed by atoms with Crippen LogP contribution in [-0.4, -0.2) is 0 Å². The first-order valence-corrected chi connectivity index (χ1v) is 11.9. The molecule has 0 spiro atoms. The Balaban J connectivity index is 0.000000271. The number of rotatable bonds is 0. The summed E-state index contributed by atoms with van der Waals surface area (Å²) in [6.07, 6.45) is 12.9. The molecule has 0 aromatic carbocycles. The smallest absolute Gasteiger partial charge is 0.0200 e. The van der Waals surface area contributed by atoms with Crippen LogP contribution in [0.5, 0.6) is 0 Å². The van der Waals surface area contributed by atoms with E-state index in [-0.39, 0.29) is 0 Å². The van der Waals surface area contributed by atoms with Crippen LogP contribution in [0.3, 0.4) is 0 Å². The van der Waals surface area contributed by atoms with E-state index in [4.69, 9.17) is 0 Å². The highest BCUT2D eigenvalue weighted by Crippen LogP contribution is 2.61. The van der Waals surface area contributed by atoms with E-state index in [9.17, 15) is 0 Å². The first kappa shape index (κ1) is 25.0. The van der Waals surface area contributed by atoms with Crippen molar-refractivity contribution < 1.29 is 0 Å². The fraction of sp³-hybridized carbons (Fsp3) is 1.00. The second-order valence-corrected chi connectivity index (χ2v) is 13.9. The molecule has 0 nitrogen and oxygen atoms in total. The van der Waals surface area contributed by atoms with Gasteiger partial charge in [0.1, 0.15) is 0 Å². The van der Waals surface area contributed by atoms with Crippen LogP contribution >= 0.6 is 0 Å². The lowest BCUT2D eigenvalue weighted by molar-refractivity contribution is -0.0638. The second kappa shape index (κ2) is 8.02. The van der Waals surface area contributed by atoms with E-state index in [1.807, 2.05) is 0 Å². The zero-order chi connectivity index (χ0) is 21.4. The Labute approximate surface area is 173 Å². The molecule has 2 aliphatic carbocycles. The zero-order valence-electron chi connectivity index (χ0n) is 21.4. The molecule has 162 valence electrons. The van der Waals surface area contributed by atoms with Gasteiger partial charge in [-0.15, -0.1) is 0 Å². The van der Waals surface area contributed by atoms with E-state index in [1.54, 1.807) is 0 Å². The van der Waals surface area contributed by atoms with E-state index in [0.717, 1.165) is 0 Å². The SMILES string of the molecule is CC(C)(C)C1(C(C)(C)C)CCCC1.CC(C)(C)C1(C(C)(C)C)CCCCC1. The highest BCUT2D eigenvalue weighted by molar-refractivity contribution is 5.01. The van der Waals surface area contributed by atoms with Crippen molar-refractivity contribution in [2.45, 2.75) is 141 Å². The fourth-order valence-electron chi connectivity index (χ4n) is 7.38. The molecule has 2 fully saturated rings. The van der Waals surface area contributed by atoms with Crippen LogP contribution in [0.25, 0.3) is 0 Å². The van der Waals surface area contributed by atoms with Crippen LogP contribution in [0, 0.1) is 32.5 Å². The van der Waals surface area contributed by atoms with E-state index in [2.05, 4.69) is 83.1 Å². The molecule has 27 heavy (non-hydrogen) atoms. The van der Waals surface area contributed by atoms with Crippen LogP contribution in [0.4, 0.5) is 0 Å². The van der Waals surface area contributed by atoms with Crippen molar-refractivity contribution in [3.05, 3.63) is 0 Å². The Morgan fingerprint density at radius 2 is 0.519 bits per heavy atom. The molecule has 2 rings (SSSR count). The number of hydrogen-bond donors (Lipinski definition) is 0. The predicted molar refractivity (Wildman–Crippen MR) is 124 cm³/mol. The summed E-state index contributed by atoms with van der Waals surface area (Å²) in [7, 11) is 0. The molecule has 0 aliphatic heterocycles. The summed E-state index contributed by atoms with van der Waals surface area (Å²) in [5.74, 6) is 0. The van der Waals surface area contributed by atoms with Crippen molar-refractivity contribution in [2.75, 3.05) is 0 Å². The van der Waals surface area contributed by atoms with Gasteiger partial charge in [0.2, 0.25) is 0 Å². The molecule has 2 saturated carbocycles. The summed E-state index contributed by atoms with van der Waals surface area (Å²) in [6.45, 7) is 29.1. The molecule has 0 atom stereocenters. The first-order valence-electron chi connectivity index (χ1n) is 11.9. The Morgan fingerprint density at radius 1 is 0.333 bits per heavy atom. The van der Waals surface area contributed by atoms with Gasteiger partial charge in [-0.2, -0.15) is 0 Å². The van der Waals surface area contributed by atoms with Gasteiger partial charge in [0, 0.05) is 0 Å². The molecule has 0 aromatic rings. The van der Waals surface area contributed by atoms with Crippen LogP contribution in [-0.2, 0) is 0 Å². The van der Waals surface area contributed by atoms with Gasteiger partial charge < -0.3 is 0 Å². The van der Waals surface area contributed by atoms with Crippen LogP contribution in [0.2, 0.25) is 0 Å². The van der Waals surface area contributed by atoms with Crippen molar-refractivity contribution in [1.82, 2.24) is 0 Å². The molecule has 0 aromatic heterocycles. The lowest BCUT2D eigenvalue weighted by atomic mass is 9.49. The Hall–Kier alpha value is 0. The van der Waals surface area contributed by atoms with Gasteiger partial charge in [0.25, 0.3) is 0 Å². The van der Waals surface area contributed by atoms with Crippen LogP contribution in [0.15, 0.2) is 0 Å². The molecule has 0 radical (unpaired) electrons. The average molecular weight is 379 g/mol. The van der Waals surface area contributed by atoms with Gasteiger partial charge in [0.15, 0.2) is 0 Å². The van der Waals surface area contributed by atoms with Crippen LogP contribution < -0.4 is 0 Å². The maximum absolute atomic E-state index is 2.43. The maximum Gasteiger partial charge on any atom is -0.0200 e. The van der Waals surface area contributed by atoms with E-state index >= 15 is 0 Å². The molecule has 0 saturated heterocycles. The summed E-state index contributed by atoms with van der Waals surface area (Å²) >= 11 is 0. The lowest BCUT2D eigenvalue weighted by Gasteiger charge is -2.56. The highest BCUT2D eigenvalue weighted by atomic mass is 14.6. The first-order chi connectivity index (χ1) is 11.9. The quantitative estimate of drug-likeness (QED) is 0.393. The Morgan fingerprint density at radius 3 is 0.667 bits per heavy atom. The summed E-state index contributed by atoms with van der Waals surface area (Å²) in [5.41, 5.74) is 2.94. The third-order valence-electron chi connectivity index (χ3n) is 8.91. The fourth-order valence-corrected chi connectivity index (χ4v) is 7.38. The molecule has 0 amide bonds. The molecule has 2 aliphatic rings. The minimum atomic E-state index is 0.450. The predicted octanol–water partition coefficient (Wildman–Crippen LogP) is 9.67. The topological polar surface area (TPSA) is 0 Å². The summed E-state index contributed by atoms with van der Waals surface area (Å²) in [6, 6.07) is 0. The summed E-state index contributed by atoms with van der Waals surface area (Å²) < 4.78 is 0. The summed E-state index contributed by atoms with van der Waals surface area (Å²) in [4.78, 5) is 0. The van der Waals surface area contributed by atoms with Gasteiger partial charge in [-0.05, 0) is 58.2 Å². The maximum atomic E-state index is 2.43. The minimum Gasteiger partial charge on any atom is -0.0596 e. The van der Waals surface area contributed by atoms with E-state index in [0.29, 0.717) is 32.5 Å². The lowest BCUT2D eigenvalue weighted by Crippen LogP contribution is -2.47. The van der Waals surface area contributed by atoms with Crippen molar-refractivity contribution in [3.63, 3.8) is 0 Å². The molecule has 0 unspecified atom stereocenters. The van der Waals surface area contributed by atoms with Gasteiger partial charge in [0.05, 0.1) is 0 Å². The molecular weight excluding hydrogens is 324 g/mol.